The van der Waals surface area contributed by atoms with E-state index in [1.54, 1.807) is 13.8 Å². The Labute approximate surface area is 132 Å². The minimum atomic E-state index is -0.639. The molecule has 1 rings (SSSR count). The molecule has 0 aromatic heterocycles. The van der Waals surface area contributed by atoms with Crippen LogP contribution in [0.3, 0.4) is 0 Å². The largest absolute Gasteiger partial charge is 0.461 e. The molecule has 1 aromatic carbocycles. The predicted octanol–water partition coefficient (Wildman–Crippen LogP) is 2.66. The molecule has 0 aliphatic carbocycles. The molecule has 4 heteroatoms. The molecule has 4 nitrogen and oxygen atoms in total. The van der Waals surface area contributed by atoms with E-state index in [1.165, 1.54) is 0 Å². The summed E-state index contributed by atoms with van der Waals surface area (Å²) in [7, 11) is 0. The van der Waals surface area contributed by atoms with Gasteiger partial charge < -0.3 is 10.1 Å². The van der Waals surface area contributed by atoms with Crippen molar-refractivity contribution in [3.63, 3.8) is 0 Å². The van der Waals surface area contributed by atoms with E-state index in [2.05, 4.69) is 17.2 Å². The second-order valence-corrected chi connectivity index (χ2v) is 5.27. The number of hydrogen-bond donors (Lipinski definition) is 1. The number of rotatable bonds is 6. The molecule has 1 amide bonds. The Morgan fingerprint density at radius 1 is 1.23 bits per heavy atom. The normalized spacial score (nSPS) is 11.3. The molecule has 118 valence electrons. The van der Waals surface area contributed by atoms with Crippen molar-refractivity contribution in [1.29, 1.82) is 0 Å². The topological polar surface area (TPSA) is 55.4 Å². The van der Waals surface area contributed by atoms with Crippen LogP contribution in [0.5, 0.6) is 0 Å². The van der Waals surface area contributed by atoms with Crippen LogP contribution >= 0.6 is 0 Å². The fourth-order valence-electron chi connectivity index (χ4n) is 1.82. The van der Waals surface area contributed by atoms with Gasteiger partial charge in [-0.15, -0.1) is 0 Å². The molecule has 0 aliphatic rings. The van der Waals surface area contributed by atoms with Gasteiger partial charge in [0.2, 0.25) is 0 Å². The minimum Gasteiger partial charge on any atom is -0.461 e. The number of benzene rings is 1. The van der Waals surface area contributed by atoms with E-state index in [1.807, 2.05) is 37.3 Å². The number of hydrogen-bond acceptors (Lipinski definition) is 3. The number of ether oxygens (including phenoxy) is 1. The molecular weight excluding hydrogens is 278 g/mol. The van der Waals surface area contributed by atoms with Gasteiger partial charge in [0, 0.05) is 11.5 Å². The lowest BCUT2D eigenvalue weighted by Crippen LogP contribution is -2.42. The van der Waals surface area contributed by atoms with Gasteiger partial charge in [-0.3, -0.25) is 4.79 Å². The van der Waals surface area contributed by atoms with Crippen molar-refractivity contribution in [2.24, 2.45) is 0 Å². The lowest BCUT2D eigenvalue weighted by molar-refractivity contribution is -0.151. The van der Waals surface area contributed by atoms with E-state index in [4.69, 9.17) is 4.74 Å². The van der Waals surface area contributed by atoms with E-state index >= 15 is 0 Å². The minimum absolute atomic E-state index is 0.205. The van der Waals surface area contributed by atoms with Crippen molar-refractivity contribution < 1.29 is 14.3 Å². The van der Waals surface area contributed by atoms with Crippen molar-refractivity contribution in [2.75, 3.05) is 0 Å². The molecule has 0 unspecified atom stereocenters. The fraction of sp³-hybridized carbons (Fsp3) is 0.444. The molecule has 1 atom stereocenters. The van der Waals surface area contributed by atoms with Crippen LogP contribution < -0.4 is 5.32 Å². The predicted molar refractivity (Wildman–Crippen MR) is 86.0 cm³/mol. The first kappa shape index (κ1) is 17.8. The first-order chi connectivity index (χ1) is 10.5. The third-order valence-electron chi connectivity index (χ3n) is 2.88. The molecule has 0 radical (unpaired) electrons. The Morgan fingerprint density at radius 2 is 1.91 bits per heavy atom. The Hall–Kier alpha value is -2.28. The van der Waals surface area contributed by atoms with Crippen LogP contribution in [0, 0.1) is 11.8 Å². The standard InChI is InChI=1S/C18H23NO3/c1-4-5-11-16(18(21)22-14(2)3)19-17(20)13-12-15-9-7-6-8-10-15/h6-10,14,16H,4-5,11H2,1-3H3,(H,19,20)/t16-/m0/s1. The number of carbonyl (C=O) groups excluding carboxylic acids is 2. The van der Waals surface area contributed by atoms with Crippen LogP contribution in [-0.2, 0) is 14.3 Å². The Bertz CT molecular complexity index is 540. The molecule has 0 aliphatic heterocycles. The molecular formula is C18H23NO3. The third kappa shape index (κ3) is 6.94. The van der Waals surface area contributed by atoms with E-state index < -0.39 is 17.9 Å². The molecule has 0 saturated heterocycles. The van der Waals surface area contributed by atoms with Gasteiger partial charge in [-0.2, -0.15) is 0 Å². The second kappa shape index (κ2) is 9.62. The third-order valence-corrected chi connectivity index (χ3v) is 2.88. The van der Waals surface area contributed by atoms with E-state index in [-0.39, 0.29) is 6.10 Å². The number of unbranched alkanes of at least 4 members (excludes halogenated alkanes) is 1. The zero-order valence-corrected chi connectivity index (χ0v) is 13.4. The summed E-state index contributed by atoms with van der Waals surface area (Å²) in [6, 6.07) is 8.59. The highest BCUT2D eigenvalue weighted by molar-refractivity contribution is 5.96. The molecule has 0 bridgehead atoms. The van der Waals surface area contributed by atoms with Crippen LogP contribution in [0.25, 0.3) is 0 Å². The molecule has 1 N–H and O–H groups in total. The Morgan fingerprint density at radius 3 is 2.50 bits per heavy atom. The van der Waals surface area contributed by atoms with Gasteiger partial charge in [-0.1, -0.05) is 43.9 Å². The number of amides is 1. The van der Waals surface area contributed by atoms with Gasteiger partial charge in [0.15, 0.2) is 0 Å². The summed E-state index contributed by atoms with van der Waals surface area (Å²) in [6.07, 6.45) is 2.13. The van der Waals surface area contributed by atoms with E-state index in [0.29, 0.717) is 6.42 Å². The van der Waals surface area contributed by atoms with Crippen molar-refractivity contribution in [2.45, 2.75) is 52.2 Å². The summed E-state index contributed by atoms with van der Waals surface area (Å²) in [5, 5.41) is 2.64. The first-order valence-electron chi connectivity index (χ1n) is 7.61. The maximum absolute atomic E-state index is 12.0. The van der Waals surface area contributed by atoms with Crippen LogP contribution in [0.2, 0.25) is 0 Å². The van der Waals surface area contributed by atoms with Crippen molar-refractivity contribution in [1.82, 2.24) is 5.32 Å². The van der Waals surface area contributed by atoms with Crippen molar-refractivity contribution in [3.05, 3.63) is 35.9 Å². The van der Waals surface area contributed by atoms with Gasteiger partial charge in [0.05, 0.1) is 6.10 Å². The molecule has 0 saturated carbocycles. The first-order valence-corrected chi connectivity index (χ1v) is 7.61. The van der Waals surface area contributed by atoms with Gasteiger partial charge >= 0.3 is 5.97 Å². The fourth-order valence-corrected chi connectivity index (χ4v) is 1.82. The molecule has 0 fully saturated rings. The highest BCUT2D eigenvalue weighted by Crippen LogP contribution is 2.04. The maximum Gasteiger partial charge on any atom is 0.328 e. The summed E-state index contributed by atoms with van der Waals surface area (Å²) in [5.74, 6) is 4.41. The van der Waals surface area contributed by atoms with E-state index in [0.717, 1.165) is 18.4 Å². The molecule has 0 heterocycles. The SMILES string of the molecule is CCCC[C@H](NC(=O)C#Cc1ccccc1)C(=O)OC(C)C. The summed E-state index contributed by atoms with van der Waals surface area (Å²) in [4.78, 5) is 23.9. The summed E-state index contributed by atoms with van der Waals surface area (Å²) >= 11 is 0. The number of esters is 1. The van der Waals surface area contributed by atoms with Crippen LogP contribution in [0.4, 0.5) is 0 Å². The van der Waals surface area contributed by atoms with Gasteiger partial charge in [0.25, 0.3) is 5.91 Å². The van der Waals surface area contributed by atoms with E-state index in [9.17, 15) is 9.59 Å². The summed E-state index contributed by atoms with van der Waals surface area (Å²) in [5.41, 5.74) is 0.757. The highest BCUT2D eigenvalue weighted by Gasteiger charge is 2.21. The smallest absolute Gasteiger partial charge is 0.328 e. The second-order valence-electron chi connectivity index (χ2n) is 5.27. The zero-order valence-electron chi connectivity index (χ0n) is 13.4. The monoisotopic (exact) mass is 301 g/mol. The lowest BCUT2D eigenvalue weighted by Gasteiger charge is -2.17. The summed E-state index contributed by atoms with van der Waals surface area (Å²) in [6.45, 7) is 5.60. The average molecular weight is 301 g/mol. The zero-order chi connectivity index (χ0) is 16.4. The Balaban J connectivity index is 2.66. The number of nitrogens with one attached hydrogen (secondary N) is 1. The maximum atomic E-state index is 12.0. The van der Waals surface area contributed by atoms with Crippen LogP contribution in [0.1, 0.15) is 45.6 Å². The van der Waals surface area contributed by atoms with Crippen LogP contribution in [0.15, 0.2) is 30.3 Å². The molecule has 22 heavy (non-hydrogen) atoms. The van der Waals surface area contributed by atoms with Gasteiger partial charge in [-0.05, 0) is 32.4 Å². The van der Waals surface area contributed by atoms with Crippen LogP contribution in [-0.4, -0.2) is 24.0 Å². The van der Waals surface area contributed by atoms with Gasteiger partial charge in [0.1, 0.15) is 6.04 Å². The number of carbonyl (C=O) groups is 2. The average Bonchev–Trinajstić information content (AvgIpc) is 2.49. The lowest BCUT2D eigenvalue weighted by atomic mass is 10.1. The van der Waals surface area contributed by atoms with Crippen molar-refractivity contribution >= 4 is 11.9 Å². The highest BCUT2D eigenvalue weighted by atomic mass is 16.5. The summed E-state index contributed by atoms with van der Waals surface area (Å²) < 4.78 is 5.17. The molecule has 1 aromatic rings. The van der Waals surface area contributed by atoms with Crippen molar-refractivity contribution in [3.8, 4) is 11.8 Å². The Kier molecular flexibility index (Phi) is 7.77. The molecule has 0 spiro atoms. The quantitative estimate of drug-likeness (QED) is 0.649. The van der Waals surface area contributed by atoms with Gasteiger partial charge in [-0.25, -0.2) is 4.79 Å².